The van der Waals surface area contributed by atoms with Crippen LogP contribution in [0.4, 0.5) is 0 Å². The lowest BCUT2D eigenvalue weighted by Gasteiger charge is -2.13. The number of benzene rings is 2. The maximum atomic E-state index is 12.3. The maximum Gasteiger partial charge on any atom is 0.332 e. The summed E-state index contributed by atoms with van der Waals surface area (Å²) in [5.41, 5.74) is 0.842. The molecule has 0 bridgehead atoms. The van der Waals surface area contributed by atoms with Crippen LogP contribution < -0.4 is 15.0 Å². The Balaban J connectivity index is 1.66. The number of esters is 1. The van der Waals surface area contributed by atoms with Gasteiger partial charge in [0.15, 0.2) is 18.2 Å². The molecular weight excluding hydrogens is 374 g/mol. The van der Waals surface area contributed by atoms with E-state index in [1.165, 1.54) is 6.08 Å². The molecule has 0 saturated heterocycles. The summed E-state index contributed by atoms with van der Waals surface area (Å²) in [6, 6.07) is 12.1. The van der Waals surface area contributed by atoms with Crippen molar-refractivity contribution in [3.8, 4) is 11.5 Å². The highest BCUT2D eigenvalue weighted by molar-refractivity contribution is 5.87. The van der Waals surface area contributed by atoms with Crippen molar-refractivity contribution in [2.45, 2.75) is 26.7 Å². The highest BCUT2D eigenvalue weighted by Crippen LogP contribution is 2.29. The van der Waals surface area contributed by atoms with Crippen LogP contribution in [0.5, 0.6) is 11.5 Å². The van der Waals surface area contributed by atoms with Gasteiger partial charge in [0.2, 0.25) is 0 Å². The minimum Gasteiger partial charge on any atom is -0.493 e. The Bertz CT molecular complexity index is 1100. The molecule has 0 amide bonds. The van der Waals surface area contributed by atoms with Crippen LogP contribution in [0.1, 0.15) is 19.4 Å². The Morgan fingerprint density at radius 2 is 1.97 bits per heavy atom. The van der Waals surface area contributed by atoms with Gasteiger partial charge in [-0.1, -0.05) is 23.4 Å². The molecule has 0 atom stereocenters. The van der Waals surface area contributed by atoms with E-state index in [4.69, 9.17) is 14.2 Å². The van der Waals surface area contributed by atoms with E-state index in [2.05, 4.69) is 10.3 Å². The Kier molecular flexibility index (Phi) is 6.23. The first-order valence-electron chi connectivity index (χ1n) is 9.00. The number of carbonyl (C=O) groups excluding carboxylic acids is 1. The summed E-state index contributed by atoms with van der Waals surface area (Å²) < 4.78 is 17.1. The van der Waals surface area contributed by atoms with Crippen LogP contribution in [0.25, 0.3) is 17.0 Å². The lowest BCUT2D eigenvalue weighted by Crippen LogP contribution is -2.26. The number of hydrogen-bond acceptors (Lipinski definition) is 7. The molecule has 3 aromatic rings. The summed E-state index contributed by atoms with van der Waals surface area (Å²) in [5, 5.41) is 8.12. The van der Waals surface area contributed by atoms with Crippen LogP contribution >= 0.6 is 0 Å². The number of nitrogens with zero attached hydrogens (tertiary/aromatic N) is 3. The van der Waals surface area contributed by atoms with E-state index >= 15 is 0 Å². The molecule has 0 saturated carbocycles. The first kappa shape index (κ1) is 20.1. The summed E-state index contributed by atoms with van der Waals surface area (Å²) in [6.07, 6.45) is 2.86. The number of carbonyl (C=O) groups is 1. The molecule has 2 aromatic carbocycles. The molecular formula is C21H21N3O5. The second kappa shape index (κ2) is 9.01. The van der Waals surface area contributed by atoms with E-state index in [9.17, 15) is 9.59 Å². The van der Waals surface area contributed by atoms with Crippen molar-refractivity contribution in [1.29, 1.82) is 0 Å². The first-order chi connectivity index (χ1) is 14.0. The van der Waals surface area contributed by atoms with E-state index in [1.807, 2.05) is 13.8 Å². The highest BCUT2D eigenvalue weighted by Gasteiger charge is 2.08. The van der Waals surface area contributed by atoms with Crippen molar-refractivity contribution in [3.05, 3.63) is 64.5 Å². The standard InChI is InChI=1S/C21H21N3O5/c1-14(2)29-18-10-8-15(12-19(18)27-3)9-11-20(25)28-13-24-21(26)16-6-4-5-7-17(16)22-23-24/h4-12,14H,13H2,1-3H3/b11-9+. The average Bonchev–Trinajstić information content (AvgIpc) is 2.72. The normalized spacial score (nSPS) is 11.2. The fourth-order valence-electron chi connectivity index (χ4n) is 2.58. The van der Waals surface area contributed by atoms with Gasteiger partial charge in [-0.05, 0) is 49.8 Å². The van der Waals surface area contributed by atoms with E-state index in [0.717, 1.165) is 10.2 Å². The van der Waals surface area contributed by atoms with Crippen molar-refractivity contribution < 1.29 is 19.0 Å². The fourth-order valence-corrected chi connectivity index (χ4v) is 2.58. The quantitative estimate of drug-likeness (QED) is 0.449. The fraction of sp³-hybridized carbons (Fsp3) is 0.238. The molecule has 0 radical (unpaired) electrons. The zero-order valence-corrected chi connectivity index (χ0v) is 16.4. The van der Waals surface area contributed by atoms with Crippen molar-refractivity contribution >= 4 is 22.9 Å². The molecule has 8 heteroatoms. The lowest BCUT2D eigenvalue weighted by atomic mass is 10.2. The van der Waals surface area contributed by atoms with Gasteiger partial charge in [-0.2, -0.15) is 4.68 Å². The smallest absolute Gasteiger partial charge is 0.332 e. The number of fused-ring (bicyclic) bond motifs is 1. The van der Waals surface area contributed by atoms with Crippen molar-refractivity contribution in [3.63, 3.8) is 0 Å². The predicted octanol–water partition coefficient (Wildman–Crippen LogP) is 2.80. The SMILES string of the molecule is COc1cc(/C=C/C(=O)OCn2nnc3ccccc3c2=O)ccc1OC(C)C. The van der Waals surface area contributed by atoms with E-state index in [-0.39, 0.29) is 18.4 Å². The summed E-state index contributed by atoms with van der Waals surface area (Å²) in [4.78, 5) is 24.3. The molecule has 1 aromatic heterocycles. The van der Waals surface area contributed by atoms with Gasteiger partial charge in [0.1, 0.15) is 5.52 Å². The summed E-state index contributed by atoms with van der Waals surface area (Å²) >= 11 is 0. The van der Waals surface area contributed by atoms with Crippen molar-refractivity contribution in [1.82, 2.24) is 15.0 Å². The molecule has 3 rings (SSSR count). The number of methoxy groups -OCH3 is 1. The first-order valence-corrected chi connectivity index (χ1v) is 9.00. The van der Waals surface area contributed by atoms with Gasteiger partial charge in [0.05, 0.1) is 18.6 Å². The lowest BCUT2D eigenvalue weighted by molar-refractivity contribution is -0.141. The van der Waals surface area contributed by atoms with Gasteiger partial charge in [0, 0.05) is 6.08 Å². The van der Waals surface area contributed by atoms with Crippen LogP contribution in [0.3, 0.4) is 0 Å². The largest absolute Gasteiger partial charge is 0.493 e. The molecule has 0 fully saturated rings. The van der Waals surface area contributed by atoms with E-state index < -0.39 is 5.97 Å². The van der Waals surface area contributed by atoms with E-state index in [0.29, 0.717) is 22.4 Å². The molecule has 0 unspecified atom stereocenters. The predicted molar refractivity (Wildman–Crippen MR) is 108 cm³/mol. The van der Waals surface area contributed by atoms with Crippen LogP contribution in [-0.4, -0.2) is 34.2 Å². The zero-order valence-electron chi connectivity index (χ0n) is 16.4. The number of hydrogen-bond donors (Lipinski definition) is 0. The minimum atomic E-state index is -0.617. The monoisotopic (exact) mass is 395 g/mol. The molecule has 1 heterocycles. The van der Waals surface area contributed by atoms with Gasteiger partial charge in [-0.25, -0.2) is 4.79 Å². The zero-order chi connectivity index (χ0) is 20.8. The summed E-state index contributed by atoms with van der Waals surface area (Å²) in [7, 11) is 1.55. The van der Waals surface area contributed by atoms with Gasteiger partial charge >= 0.3 is 5.97 Å². The van der Waals surface area contributed by atoms with Gasteiger partial charge in [0.25, 0.3) is 5.56 Å². The molecule has 8 nitrogen and oxygen atoms in total. The number of aromatic nitrogens is 3. The van der Waals surface area contributed by atoms with Crippen molar-refractivity contribution in [2.75, 3.05) is 7.11 Å². The van der Waals surface area contributed by atoms with Gasteiger partial charge < -0.3 is 14.2 Å². The number of ether oxygens (including phenoxy) is 3. The molecule has 150 valence electrons. The van der Waals surface area contributed by atoms with E-state index in [1.54, 1.807) is 55.7 Å². The Morgan fingerprint density at radius 3 is 2.72 bits per heavy atom. The molecule has 0 aliphatic carbocycles. The Labute approximate surface area is 167 Å². The molecule has 0 aliphatic rings. The Morgan fingerprint density at radius 1 is 1.17 bits per heavy atom. The topological polar surface area (TPSA) is 92.5 Å². The van der Waals surface area contributed by atoms with Crippen molar-refractivity contribution in [2.24, 2.45) is 0 Å². The number of rotatable bonds is 7. The van der Waals surface area contributed by atoms with Gasteiger partial charge in [-0.15, -0.1) is 5.10 Å². The Hall–Kier alpha value is -3.68. The maximum absolute atomic E-state index is 12.3. The van der Waals surface area contributed by atoms with Crippen LogP contribution in [0.2, 0.25) is 0 Å². The van der Waals surface area contributed by atoms with Gasteiger partial charge in [-0.3, -0.25) is 4.79 Å². The van der Waals surface area contributed by atoms with Crippen LogP contribution in [-0.2, 0) is 16.3 Å². The van der Waals surface area contributed by atoms with Crippen LogP contribution in [0.15, 0.2) is 53.3 Å². The second-order valence-electron chi connectivity index (χ2n) is 6.41. The summed E-state index contributed by atoms with van der Waals surface area (Å²) in [6.45, 7) is 3.52. The highest BCUT2D eigenvalue weighted by atomic mass is 16.5. The minimum absolute atomic E-state index is 0.0156. The molecule has 0 aliphatic heterocycles. The average molecular weight is 395 g/mol. The third kappa shape index (κ3) is 4.98. The molecule has 0 spiro atoms. The summed E-state index contributed by atoms with van der Waals surface area (Å²) in [5.74, 6) is 0.567. The second-order valence-corrected chi connectivity index (χ2v) is 6.41. The molecule has 0 N–H and O–H groups in total. The third-order valence-corrected chi connectivity index (χ3v) is 3.92. The molecule has 29 heavy (non-hydrogen) atoms. The van der Waals surface area contributed by atoms with Crippen LogP contribution in [0, 0.1) is 0 Å². The third-order valence-electron chi connectivity index (χ3n) is 3.92.